The Morgan fingerprint density at radius 3 is 2.41 bits per heavy atom. The average molecular weight is 228 g/mol. The summed E-state index contributed by atoms with van der Waals surface area (Å²) in [7, 11) is 1.55. The van der Waals surface area contributed by atoms with Gasteiger partial charge in [0, 0.05) is 10.8 Å². The van der Waals surface area contributed by atoms with Crippen molar-refractivity contribution in [3.05, 3.63) is 41.5 Å². The van der Waals surface area contributed by atoms with Gasteiger partial charge < -0.3 is 9.47 Å². The lowest BCUT2D eigenvalue weighted by Crippen LogP contribution is -2.19. The largest absolute Gasteiger partial charge is 0.496 e. The van der Waals surface area contributed by atoms with Gasteiger partial charge in [-0.05, 0) is 18.2 Å². The lowest BCUT2D eigenvalue weighted by atomic mass is 9.97. The normalized spacial score (nSPS) is 13.7. The number of methoxy groups -OCH3 is 1. The van der Waals surface area contributed by atoms with Crippen LogP contribution in [0.1, 0.15) is 20.7 Å². The Balaban J connectivity index is 2.51. The summed E-state index contributed by atoms with van der Waals surface area (Å²) in [5, 5.41) is 1.35. The summed E-state index contributed by atoms with van der Waals surface area (Å²) in [5.41, 5.74) is 0.798. The molecular formula is C13H8O4. The van der Waals surface area contributed by atoms with Crippen LogP contribution in [0.5, 0.6) is 5.75 Å². The van der Waals surface area contributed by atoms with Crippen LogP contribution in [0.25, 0.3) is 10.8 Å². The monoisotopic (exact) mass is 228 g/mol. The molecule has 1 aliphatic heterocycles. The number of benzene rings is 2. The van der Waals surface area contributed by atoms with Crippen LogP contribution < -0.4 is 4.74 Å². The third kappa shape index (κ3) is 1.24. The zero-order valence-corrected chi connectivity index (χ0v) is 9.02. The van der Waals surface area contributed by atoms with Crippen LogP contribution in [0.15, 0.2) is 30.3 Å². The Labute approximate surface area is 96.8 Å². The maximum atomic E-state index is 11.6. The van der Waals surface area contributed by atoms with E-state index in [1.54, 1.807) is 31.4 Å². The maximum absolute atomic E-state index is 11.6. The fourth-order valence-electron chi connectivity index (χ4n) is 2.09. The Morgan fingerprint density at radius 2 is 1.71 bits per heavy atom. The van der Waals surface area contributed by atoms with Crippen molar-refractivity contribution >= 4 is 22.7 Å². The lowest BCUT2D eigenvalue weighted by molar-refractivity contribution is 0.0391. The Kier molecular flexibility index (Phi) is 1.92. The molecule has 0 saturated carbocycles. The van der Waals surface area contributed by atoms with Gasteiger partial charge in [-0.15, -0.1) is 0 Å². The van der Waals surface area contributed by atoms with E-state index in [2.05, 4.69) is 4.74 Å². The summed E-state index contributed by atoms with van der Waals surface area (Å²) in [4.78, 5) is 23.2. The number of carbonyl (C=O) groups is 2. The maximum Gasteiger partial charge on any atom is 0.346 e. The van der Waals surface area contributed by atoms with Gasteiger partial charge >= 0.3 is 11.9 Å². The molecule has 0 saturated heterocycles. The van der Waals surface area contributed by atoms with Crippen LogP contribution in [-0.4, -0.2) is 19.0 Å². The second-order valence-electron chi connectivity index (χ2n) is 3.72. The van der Waals surface area contributed by atoms with E-state index in [0.717, 1.165) is 5.39 Å². The second-order valence-corrected chi connectivity index (χ2v) is 3.72. The summed E-state index contributed by atoms with van der Waals surface area (Å²) >= 11 is 0. The SMILES string of the molecule is COc1ccc2c3c(cccc13)C(=O)OC2=O. The number of carbonyl (C=O) groups excluding carboxylic acids is 2. The molecule has 4 heteroatoms. The molecule has 1 aliphatic rings. The van der Waals surface area contributed by atoms with E-state index in [0.29, 0.717) is 22.3 Å². The predicted octanol–water partition coefficient (Wildman–Crippen LogP) is 2.16. The Bertz CT molecular complexity index is 638. The summed E-state index contributed by atoms with van der Waals surface area (Å²) in [6.07, 6.45) is 0. The highest BCUT2D eigenvalue weighted by Gasteiger charge is 2.27. The first kappa shape index (κ1) is 9.84. The Hall–Kier alpha value is -2.36. The molecule has 17 heavy (non-hydrogen) atoms. The molecule has 84 valence electrons. The smallest absolute Gasteiger partial charge is 0.346 e. The first-order valence-electron chi connectivity index (χ1n) is 5.08. The molecule has 0 bridgehead atoms. The molecule has 0 atom stereocenters. The molecule has 0 aliphatic carbocycles. The van der Waals surface area contributed by atoms with Crippen molar-refractivity contribution in [2.75, 3.05) is 7.11 Å². The molecule has 0 N–H and O–H groups in total. The summed E-state index contributed by atoms with van der Waals surface area (Å²) in [5.74, 6) is -0.587. The van der Waals surface area contributed by atoms with Crippen LogP contribution in [0.4, 0.5) is 0 Å². The van der Waals surface area contributed by atoms with Crippen molar-refractivity contribution in [3.8, 4) is 5.75 Å². The van der Waals surface area contributed by atoms with E-state index in [9.17, 15) is 9.59 Å². The molecular weight excluding hydrogens is 220 g/mol. The molecule has 0 fully saturated rings. The van der Waals surface area contributed by atoms with Crippen molar-refractivity contribution in [1.82, 2.24) is 0 Å². The Morgan fingerprint density at radius 1 is 1.00 bits per heavy atom. The van der Waals surface area contributed by atoms with Gasteiger partial charge in [0.2, 0.25) is 0 Å². The van der Waals surface area contributed by atoms with Crippen molar-refractivity contribution in [3.63, 3.8) is 0 Å². The van der Waals surface area contributed by atoms with Crippen molar-refractivity contribution in [2.24, 2.45) is 0 Å². The number of rotatable bonds is 1. The minimum Gasteiger partial charge on any atom is -0.496 e. The van der Waals surface area contributed by atoms with E-state index in [4.69, 9.17) is 4.74 Å². The molecule has 0 amide bonds. The molecule has 4 nitrogen and oxygen atoms in total. The zero-order chi connectivity index (χ0) is 12.0. The van der Waals surface area contributed by atoms with Crippen LogP contribution in [0.3, 0.4) is 0 Å². The number of cyclic esters (lactones) is 2. The zero-order valence-electron chi connectivity index (χ0n) is 9.02. The molecule has 0 radical (unpaired) electrons. The highest BCUT2D eigenvalue weighted by Crippen LogP contribution is 2.34. The van der Waals surface area contributed by atoms with Gasteiger partial charge in [-0.3, -0.25) is 0 Å². The fourth-order valence-corrected chi connectivity index (χ4v) is 2.09. The highest BCUT2D eigenvalue weighted by atomic mass is 16.6. The first-order chi connectivity index (χ1) is 8.22. The van der Waals surface area contributed by atoms with Gasteiger partial charge in [0.1, 0.15) is 5.75 Å². The molecule has 1 heterocycles. The van der Waals surface area contributed by atoms with Gasteiger partial charge in [0.05, 0.1) is 18.2 Å². The number of ether oxygens (including phenoxy) is 2. The minimum atomic E-state index is -0.610. The predicted molar refractivity (Wildman–Crippen MR) is 60.2 cm³/mol. The molecule has 3 rings (SSSR count). The summed E-state index contributed by atoms with van der Waals surface area (Å²) in [6, 6.07) is 8.49. The first-order valence-corrected chi connectivity index (χ1v) is 5.08. The lowest BCUT2D eigenvalue weighted by Gasteiger charge is -2.16. The summed E-state index contributed by atoms with van der Waals surface area (Å²) in [6.45, 7) is 0. The van der Waals surface area contributed by atoms with Gasteiger partial charge in [0.15, 0.2) is 0 Å². The highest BCUT2D eigenvalue weighted by molar-refractivity contribution is 6.21. The van der Waals surface area contributed by atoms with Crippen LogP contribution in [-0.2, 0) is 4.74 Å². The molecule has 2 aromatic carbocycles. The van der Waals surface area contributed by atoms with Crippen LogP contribution in [0.2, 0.25) is 0 Å². The number of esters is 2. The van der Waals surface area contributed by atoms with Gasteiger partial charge in [-0.1, -0.05) is 12.1 Å². The third-order valence-electron chi connectivity index (χ3n) is 2.85. The quantitative estimate of drug-likeness (QED) is 0.554. The van der Waals surface area contributed by atoms with Gasteiger partial charge in [-0.2, -0.15) is 0 Å². The summed E-state index contributed by atoms with van der Waals surface area (Å²) < 4.78 is 9.87. The molecule has 0 unspecified atom stereocenters. The molecule has 2 aromatic rings. The van der Waals surface area contributed by atoms with E-state index in [1.165, 1.54) is 0 Å². The van der Waals surface area contributed by atoms with Crippen LogP contribution >= 0.6 is 0 Å². The van der Waals surface area contributed by atoms with Crippen molar-refractivity contribution < 1.29 is 19.1 Å². The van der Waals surface area contributed by atoms with E-state index >= 15 is 0 Å². The average Bonchev–Trinajstić information content (AvgIpc) is 2.35. The van der Waals surface area contributed by atoms with Crippen molar-refractivity contribution in [1.29, 1.82) is 0 Å². The van der Waals surface area contributed by atoms with E-state index in [-0.39, 0.29) is 0 Å². The van der Waals surface area contributed by atoms with Gasteiger partial charge in [0.25, 0.3) is 0 Å². The fraction of sp³-hybridized carbons (Fsp3) is 0.0769. The third-order valence-corrected chi connectivity index (χ3v) is 2.85. The van der Waals surface area contributed by atoms with E-state index in [1.807, 2.05) is 6.07 Å². The molecule has 0 spiro atoms. The number of hydrogen-bond donors (Lipinski definition) is 0. The minimum absolute atomic E-state index is 0.399. The molecule has 0 aromatic heterocycles. The van der Waals surface area contributed by atoms with Crippen LogP contribution in [0, 0.1) is 0 Å². The van der Waals surface area contributed by atoms with E-state index < -0.39 is 11.9 Å². The second kappa shape index (κ2) is 3.31. The standard InChI is InChI=1S/C13H8O4/c1-16-10-6-5-9-11-7(10)3-2-4-8(11)12(14)17-13(9)15/h2-6H,1H3. The van der Waals surface area contributed by atoms with Gasteiger partial charge in [-0.25, -0.2) is 9.59 Å². The number of hydrogen-bond acceptors (Lipinski definition) is 4. The van der Waals surface area contributed by atoms with Crippen molar-refractivity contribution in [2.45, 2.75) is 0 Å². The topological polar surface area (TPSA) is 52.6 Å².